The molecule has 0 radical (unpaired) electrons. The van der Waals surface area contributed by atoms with E-state index in [9.17, 15) is 18.4 Å². The fraction of sp³-hybridized carbons (Fsp3) is 0. The number of ether oxygens (including phenoxy) is 2. The Morgan fingerprint density at radius 3 is 1.46 bits per heavy atom. The largest absolute Gasteiger partial charge is 0.423 e. The minimum atomic E-state index is -0.702. The first-order valence-corrected chi connectivity index (χ1v) is 7.38. The second-order valence-electron chi connectivity index (χ2n) is 4.95. The molecule has 0 aromatic heterocycles. The SMILES string of the molecule is C=CC(=O)Oc1ccc(/C=C/c2ccc(OC(=O)C=C)cc2F)c(F)c1. The molecule has 0 fully saturated rings. The van der Waals surface area contributed by atoms with E-state index >= 15 is 0 Å². The monoisotopic (exact) mass is 356 g/mol. The number of hydrogen-bond donors (Lipinski definition) is 0. The zero-order valence-electron chi connectivity index (χ0n) is 13.6. The van der Waals surface area contributed by atoms with Gasteiger partial charge in [-0.05, 0) is 24.3 Å². The van der Waals surface area contributed by atoms with Crippen LogP contribution in [0, 0.1) is 11.6 Å². The van der Waals surface area contributed by atoms with Gasteiger partial charge in [-0.15, -0.1) is 0 Å². The number of carbonyl (C=O) groups is 2. The minimum absolute atomic E-state index is 0.0316. The van der Waals surface area contributed by atoms with Gasteiger partial charge in [0.15, 0.2) is 0 Å². The maximum atomic E-state index is 14.0. The summed E-state index contributed by atoms with van der Waals surface area (Å²) in [6, 6.07) is 7.65. The third kappa shape index (κ3) is 4.98. The second kappa shape index (κ2) is 8.53. The molecular weight excluding hydrogens is 342 g/mol. The molecule has 0 aliphatic rings. The van der Waals surface area contributed by atoms with E-state index in [4.69, 9.17) is 9.47 Å². The number of benzene rings is 2. The molecule has 0 heterocycles. The lowest BCUT2D eigenvalue weighted by Crippen LogP contribution is -2.03. The number of carbonyl (C=O) groups excluding carboxylic acids is 2. The van der Waals surface area contributed by atoms with Gasteiger partial charge in [-0.2, -0.15) is 0 Å². The molecule has 4 nitrogen and oxygen atoms in total. The molecule has 0 amide bonds. The Hall–Kier alpha value is -3.54. The second-order valence-corrected chi connectivity index (χ2v) is 4.95. The van der Waals surface area contributed by atoms with Crippen molar-refractivity contribution in [1.82, 2.24) is 0 Å². The highest BCUT2D eigenvalue weighted by Gasteiger charge is 2.07. The zero-order chi connectivity index (χ0) is 19.1. The van der Waals surface area contributed by atoms with Crippen LogP contribution in [0.3, 0.4) is 0 Å². The van der Waals surface area contributed by atoms with Gasteiger partial charge in [0.05, 0.1) is 0 Å². The predicted molar refractivity (Wildman–Crippen MR) is 93.4 cm³/mol. The first-order chi connectivity index (χ1) is 12.4. The third-order valence-corrected chi connectivity index (χ3v) is 3.16. The van der Waals surface area contributed by atoms with E-state index in [1.807, 2.05) is 0 Å². The van der Waals surface area contributed by atoms with Crippen LogP contribution in [-0.4, -0.2) is 11.9 Å². The summed E-state index contributed by atoms with van der Waals surface area (Å²) < 4.78 is 37.7. The van der Waals surface area contributed by atoms with Crippen LogP contribution in [0.25, 0.3) is 12.2 Å². The van der Waals surface area contributed by atoms with Crippen molar-refractivity contribution in [3.8, 4) is 11.5 Å². The van der Waals surface area contributed by atoms with E-state index in [0.29, 0.717) is 0 Å². The quantitative estimate of drug-likeness (QED) is 0.335. The number of hydrogen-bond acceptors (Lipinski definition) is 4. The van der Waals surface area contributed by atoms with Gasteiger partial charge in [0.2, 0.25) is 0 Å². The molecule has 6 heteroatoms. The molecular formula is C20H14F2O4. The van der Waals surface area contributed by atoms with E-state index < -0.39 is 23.6 Å². The van der Waals surface area contributed by atoms with Gasteiger partial charge in [-0.25, -0.2) is 18.4 Å². The van der Waals surface area contributed by atoms with Crippen LogP contribution in [-0.2, 0) is 9.59 Å². The van der Waals surface area contributed by atoms with Crippen molar-refractivity contribution < 1.29 is 27.8 Å². The van der Waals surface area contributed by atoms with Crippen molar-refractivity contribution in [1.29, 1.82) is 0 Å². The van der Waals surface area contributed by atoms with Crippen LogP contribution in [0.4, 0.5) is 8.78 Å². The Bertz CT molecular complexity index is 827. The van der Waals surface area contributed by atoms with Crippen molar-refractivity contribution in [2.75, 3.05) is 0 Å². The summed E-state index contributed by atoms with van der Waals surface area (Å²) >= 11 is 0. The van der Waals surface area contributed by atoms with Gasteiger partial charge in [-0.3, -0.25) is 0 Å². The van der Waals surface area contributed by atoms with Crippen molar-refractivity contribution in [2.45, 2.75) is 0 Å². The Morgan fingerprint density at radius 2 is 1.15 bits per heavy atom. The lowest BCUT2D eigenvalue weighted by atomic mass is 10.1. The van der Waals surface area contributed by atoms with E-state index in [0.717, 1.165) is 24.3 Å². The Labute approximate surface area is 148 Å². The molecule has 0 bridgehead atoms. The summed E-state index contributed by atoms with van der Waals surface area (Å²) in [7, 11) is 0. The first-order valence-electron chi connectivity index (χ1n) is 7.38. The molecule has 0 N–H and O–H groups in total. The van der Waals surface area contributed by atoms with Crippen molar-refractivity contribution >= 4 is 24.1 Å². The fourth-order valence-corrected chi connectivity index (χ4v) is 1.91. The average Bonchev–Trinajstić information content (AvgIpc) is 2.62. The lowest BCUT2D eigenvalue weighted by Gasteiger charge is -2.04. The first kappa shape index (κ1) is 18.8. The van der Waals surface area contributed by atoms with E-state index in [-0.39, 0.29) is 22.6 Å². The number of halogens is 2. The molecule has 2 rings (SSSR count). The van der Waals surface area contributed by atoms with Gasteiger partial charge in [0, 0.05) is 35.4 Å². The summed E-state index contributed by atoms with van der Waals surface area (Å²) in [4.78, 5) is 22.2. The van der Waals surface area contributed by atoms with Crippen LogP contribution in [0.15, 0.2) is 61.7 Å². The van der Waals surface area contributed by atoms with Gasteiger partial charge in [0.1, 0.15) is 23.1 Å². The highest BCUT2D eigenvalue weighted by molar-refractivity contribution is 5.84. The molecule has 26 heavy (non-hydrogen) atoms. The summed E-state index contributed by atoms with van der Waals surface area (Å²) in [5.74, 6) is -2.63. The normalized spacial score (nSPS) is 10.4. The van der Waals surface area contributed by atoms with Gasteiger partial charge >= 0.3 is 11.9 Å². The molecule has 0 saturated heterocycles. The van der Waals surface area contributed by atoms with Crippen LogP contribution >= 0.6 is 0 Å². The highest BCUT2D eigenvalue weighted by Crippen LogP contribution is 2.22. The van der Waals surface area contributed by atoms with Crippen molar-refractivity contribution in [3.63, 3.8) is 0 Å². The van der Waals surface area contributed by atoms with Crippen LogP contribution < -0.4 is 9.47 Å². The molecule has 0 spiro atoms. The Kier molecular flexibility index (Phi) is 6.16. The molecule has 0 atom stereocenters. The van der Waals surface area contributed by atoms with E-state index in [1.165, 1.54) is 36.4 Å². The van der Waals surface area contributed by atoms with Gasteiger partial charge in [-0.1, -0.05) is 25.3 Å². The molecule has 132 valence electrons. The summed E-state index contributed by atoms with van der Waals surface area (Å²) in [6.07, 6.45) is 4.65. The van der Waals surface area contributed by atoms with E-state index in [2.05, 4.69) is 13.2 Å². The summed E-state index contributed by atoms with van der Waals surface area (Å²) in [6.45, 7) is 6.49. The third-order valence-electron chi connectivity index (χ3n) is 3.16. The van der Waals surface area contributed by atoms with Crippen molar-refractivity contribution in [2.24, 2.45) is 0 Å². The van der Waals surface area contributed by atoms with Gasteiger partial charge < -0.3 is 9.47 Å². The molecule has 0 aliphatic heterocycles. The molecule has 0 unspecified atom stereocenters. The van der Waals surface area contributed by atoms with Crippen LogP contribution in [0.2, 0.25) is 0 Å². The fourth-order valence-electron chi connectivity index (χ4n) is 1.91. The minimum Gasteiger partial charge on any atom is -0.423 e. The summed E-state index contributed by atoms with van der Waals surface area (Å²) in [5.41, 5.74) is 0.343. The standard InChI is InChI=1S/C20H14F2O4/c1-3-19(23)25-15-9-7-13(17(21)11-15)5-6-14-8-10-16(12-18(14)22)26-20(24)4-2/h3-12H,1-2H2/b6-5+. The molecule has 2 aromatic carbocycles. The Balaban J connectivity index is 2.16. The Morgan fingerprint density at radius 1 is 0.769 bits per heavy atom. The smallest absolute Gasteiger partial charge is 0.335 e. The van der Waals surface area contributed by atoms with Gasteiger partial charge in [0.25, 0.3) is 0 Å². The van der Waals surface area contributed by atoms with E-state index in [1.54, 1.807) is 0 Å². The molecule has 2 aromatic rings. The summed E-state index contributed by atoms with van der Waals surface area (Å²) in [5, 5.41) is 0. The molecule has 0 aliphatic carbocycles. The predicted octanol–water partition coefficient (Wildman–Crippen LogP) is 4.32. The zero-order valence-corrected chi connectivity index (χ0v) is 13.6. The topological polar surface area (TPSA) is 52.6 Å². The maximum absolute atomic E-state index is 14.0. The van der Waals surface area contributed by atoms with Crippen molar-refractivity contribution in [3.05, 3.63) is 84.5 Å². The average molecular weight is 356 g/mol. The lowest BCUT2D eigenvalue weighted by molar-refractivity contribution is -0.129. The van der Waals surface area contributed by atoms with Crippen LogP contribution in [0.5, 0.6) is 11.5 Å². The highest BCUT2D eigenvalue weighted by atomic mass is 19.1. The number of esters is 2. The molecule has 0 saturated carbocycles. The number of rotatable bonds is 6. The maximum Gasteiger partial charge on any atom is 0.335 e. The van der Waals surface area contributed by atoms with Crippen LogP contribution in [0.1, 0.15) is 11.1 Å².